The minimum atomic E-state index is -3.98. The SMILES string of the molecule is CC[C@H]1CCC2C(CCC3C2CCC2(C)C(CCC(F)(F)F)CCC32)C1. The third kappa shape index (κ3) is 3.34. The maximum Gasteiger partial charge on any atom is 0.389 e. The van der Waals surface area contributed by atoms with E-state index in [1.54, 1.807) is 0 Å². The van der Waals surface area contributed by atoms with Gasteiger partial charge in [0.1, 0.15) is 0 Å². The first-order valence-electron chi connectivity index (χ1n) is 11.4. The van der Waals surface area contributed by atoms with Gasteiger partial charge in [-0.05, 0) is 105 Å². The maximum atomic E-state index is 12.8. The van der Waals surface area contributed by atoms with E-state index in [4.69, 9.17) is 0 Å². The monoisotopic (exact) mass is 370 g/mol. The minimum Gasteiger partial charge on any atom is -0.171 e. The van der Waals surface area contributed by atoms with Crippen molar-refractivity contribution < 1.29 is 13.2 Å². The molecule has 4 rings (SSSR count). The van der Waals surface area contributed by atoms with Gasteiger partial charge in [0.15, 0.2) is 0 Å². The van der Waals surface area contributed by atoms with E-state index in [1.807, 2.05) is 0 Å². The van der Waals surface area contributed by atoms with Crippen molar-refractivity contribution in [2.24, 2.45) is 46.8 Å². The third-order valence-electron chi connectivity index (χ3n) is 9.61. The number of fused-ring (bicyclic) bond motifs is 5. The highest BCUT2D eigenvalue weighted by Gasteiger charge is 2.56. The average molecular weight is 371 g/mol. The highest BCUT2D eigenvalue weighted by molar-refractivity contribution is 5.06. The van der Waals surface area contributed by atoms with Crippen LogP contribution < -0.4 is 0 Å². The Morgan fingerprint density at radius 3 is 2.38 bits per heavy atom. The van der Waals surface area contributed by atoms with Crippen molar-refractivity contribution >= 4 is 0 Å². The van der Waals surface area contributed by atoms with Crippen LogP contribution in [0.4, 0.5) is 13.2 Å². The Balaban J connectivity index is 1.44. The van der Waals surface area contributed by atoms with Crippen molar-refractivity contribution in [2.75, 3.05) is 0 Å². The fourth-order valence-electron chi connectivity index (χ4n) is 8.24. The molecule has 0 N–H and O–H groups in total. The van der Waals surface area contributed by atoms with E-state index in [2.05, 4.69) is 13.8 Å². The average Bonchev–Trinajstić information content (AvgIpc) is 2.95. The summed E-state index contributed by atoms with van der Waals surface area (Å²) in [6.07, 6.45) is 9.01. The summed E-state index contributed by atoms with van der Waals surface area (Å²) in [5.41, 5.74) is 0.194. The van der Waals surface area contributed by atoms with Crippen molar-refractivity contribution in [3.05, 3.63) is 0 Å². The predicted molar refractivity (Wildman–Crippen MR) is 99.7 cm³/mol. The van der Waals surface area contributed by atoms with E-state index in [0.29, 0.717) is 18.3 Å². The summed E-state index contributed by atoms with van der Waals surface area (Å²) in [6, 6.07) is 0. The van der Waals surface area contributed by atoms with Crippen LogP contribution in [0.15, 0.2) is 0 Å². The van der Waals surface area contributed by atoms with Crippen LogP contribution in [-0.2, 0) is 0 Å². The molecule has 0 aromatic rings. The number of alkyl halides is 3. The van der Waals surface area contributed by atoms with Gasteiger partial charge in [-0.2, -0.15) is 13.2 Å². The van der Waals surface area contributed by atoms with Crippen molar-refractivity contribution in [1.29, 1.82) is 0 Å². The fraction of sp³-hybridized carbons (Fsp3) is 1.00. The second-order valence-corrected chi connectivity index (χ2v) is 10.5. The Morgan fingerprint density at radius 1 is 0.885 bits per heavy atom. The van der Waals surface area contributed by atoms with E-state index in [0.717, 1.165) is 36.0 Å². The van der Waals surface area contributed by atoms with Crippen LogP contribution in [0, 0.1) is 46.8 Å². The molecule has 0 radical (unpaired) electrons. The molecule has 3 heteroatoms. The molecular weight excluding hydrogens is 333 g/mol. The van der Waals surface area contributed by atoms with E-state index in [1.165, 1.54) is 57.8 Å². The Morgan fingerprint density at radius 2 is 1.65 bits per heavy atom. The number of hydrogen-bond acceptors (Lipinski definition) is 0. The third-order valence-corrected chi connectivity index (χ3v) is 9.61. The van der Waals surface area contributed by atoms with Crippen LogP contribution in [0.1, 0.15) is 90.9 Å². The molecule has 4 aliphatic carbocycles. The van der Waals surface area contributed by atoms with Crippen LogP contribution in [0.2, 0.25) is 0 Å². The highest BCUT2D eigenvalue weighted by Crippen LogP contribution is 2.65. The molecule has 0 aromatic carbocycles. The van der Waals surface area contributed by atoms with Crippen LogP contribution in [0.5, 0.6) is 0 Å². The van der Waals surface area contributed by atoms with Gasteiger partial charge >= 0.3 is 6.18 Å². The summed E-state index contributed by atoms with van der Waals surface area (Å²) in [7, 11) is 0. The fourth-order valence-corrected chi connectivity index (χ4v) is 8.24. The normalized spacial score (nSPS) is 48.6. The predicted octanol–water partition coefficient (Wildman–Crippen LogP) is 7.62. The number of rotatable bonds is 3. The van der Waals surface area contributed by atoms with Gasteiger partial charge in [-0.25, -0.2) is 0 Å². The summed E-state index contributed by atoms with van der Waals surface area (Å²) in [6.45, 7) is 4.71. The van der Waals surface area contributed by atoms with Gasteiger partial charge in [-0.3, -0.25) is 0 Å². The van der Waals surface area contributed by atoms with Crippen LogP contribution in [-0.4, -0.2) is 6.18 Å². The maximum absolute atomic E-state index is 12.8. The zero-order chi connectivity index (χ0) is 18.5. The molecule has 150 valence electrons. The smallest absolute Gasteiger partial charge is 0.171 e. The van der Waals surface area contributed by atoms with Gasteiger partial charge in [0.25, 0.3) is 0 Å². The molecule has 8 atom stereocenters. The molecule has 0 spiro atoms. The van der Waals surface area contributed by atoms with E-state index >= 15 is 0 Å². The molecular formula is C23H37F3. The van der Waals surface area contributed by atoms with E-state index in [-0.39, 0.29) is 5.41 Å². The molecule has 26 heavy (non-hydrogen) atoms. The standard InChI is InChI=1S/C23H37F3/c1-3-15-4-7-18-16(14-15)5-8-20-19(18)11-12-22(2)17(6-9-21(20)22)10-13-23(24,25)26/h15-21H,3-14H2,1-2H3/t15-,16?,17?,18?,19?,20?,21?,22?/m0/s1. The van der Waals surface area contributed by atoms with Crippen LogP contribution in [0.25, 0.3) is 0 Å². The second kappa shape index (κ2) is 6.99. The molecule has 4 aliphatic rings. The van der Waals surface area contributed by atoms with Crippen LogP contribution in [0.3, 0.4) is 0 Å². The van der Waals surface area contributed by atoms with Gasteiger partial charge < -0.3 is 0 Å². The summed E-state index contributed by atoms with van der Waals surface area (Å²) in [4.78, 5) is 0. The summed E-state index contributed by atoms with van der Waals surface area (Å²) < 4.78 is 38.3. The Bertz CT molecular complexity index is 498. The molecule has 0 bridgehead atoms. The molecule has 0 aliphatic heterocycles. The molecule has 7 unspecified atom stereocenters. The van der Waals surface area contributed by atoms with Gasteiger partial charge in [0.2, 0.25) is 0 Å². The summed E-state index contributed by atoms with van der Waals surface area (Å²) >= 11 is 0. The molecule has 0 aromatic heterocycles. The number of halogens is 3. The van der Waals surface area contributed by atoms with Crippen molar-refractivity contribution in [1.82, 2.24) is 0 Å². The molecule has 0 amide bonds. The Labute approximate surface area is 157 Å². The topological polar surface area (TPSA) is 0 Å². The lowest BCUT2D eigenvalue weighted by Crippen LogP contribution is -2.48. The van der Waals surface area contributed by atoms with E-state index < -0.39 is 12.6 Å². The largest absolute Gasteiger partial charge is 0.389 e. The quantitative estimate of drug-likeness (QED) is 0.479. The zero-order valence-corrected chi connectivity index (χ0v) is 16.7. The molecule has 0 heterocycles. The minimum absolute atomic E-state index is 0.194. The highest BCUT2D eigenvalue weighted by atomic mass is 19.4. The molecule has 0 saturated heterocycles. The van der Waals surface area contributed by atoms with Gasteiger partial charge in [-0.1, -0.05) is 26.7 Å². The first-order valence-corrected chi connectivity index (χ1v) is 11.4. The molecule has 4 saturated carbocycles. The lowest BCUT2D eigenvalue weighted by atomic mass is 9.49. The van der Waals surface area contributed by atoms with Crippen LogP contribution >= 0.6 is 0 Å². The Hall–Kier alpha value is -0.210. The zero-order valence-electron chi connectivity index (χ0n) is 16.7. The van der Waals surface area contributed by atoms with Crippen molar-refractivity contribution in [2.45, 2.75) is 97.1 Å². The Kier molecular flexibility index (Phi) is 5.14. The van der Waals surface area contributed by atoms with Gasteiger partial charge in [-0.15, -0.1) is 0 Å². The molecule has 4 fully saturated rings. The summed E-state index contributed by atoms with van der Waals surface area (Å²) in [5.74, 6) is 5.60. The van der Waals surface area contributed by atoms with Crippen molar-refractivity contribution in [3.63, 3.8) is 0 Å². The van der Waals surface area contributed by atoms with Crippen molar-refractivity contribution in [3.8, 4) is 0 Å². The first-order chi connectivity index (χ1) is 12.3. The lowest BCUT2D eigenvalue weighted by Gasteiger charge is -2.56. The van der Waals surface area contributed by atoms with Gasteiger partial charge in [0.05, 0.1) is 0 Å². The summed E-state index contributed by atoms with van der Waals surface area (Å²) in [5, 5.41) is 0. The second-order valence-electron chi connectivity index (χ2n) is 10.5. The molecule has 0 nitrogen and oxygen atoms in total. The lowest BCUT2D eigenvalue weighted by molar-refractivity contribution is -0.141. The first kappa shape index (κ1) is 19.1. The van der Waals surface area contributed by atoms with Gasteiger partial charge in [0, 0.05) is 6.42 Å². The number of hydrogen-bond donors (Lipinski definition) is 0. The van der Waals surface area contributed by atoms with E-state index in [9.17, 15) is 13.2 Å².